The van der Waals surface area contributed by atoms with Crippen LogP contribution in [0.3, 0.4) is 0 Å². The summed E-state index contributed by atoms with van der Waals surface area (Å²) in [5.41, 5.74) is 3.59. The zero-order valence-corrected chi connectivity index (χ0v) is 20.3. The van der Waals surface area contributed by atoms with Gasteiger partial charge in [0.05, 0.1) is 17.8 Å². The Morgan fingerprint density at radius 2 is 1.94 bits per heavy atom. The molecule has 1 aromatic carbocycles. The van der Waals surface area contributed by atoms with E-state index in [1.165, 1.54) is 0 Å². The van der Waals surface area contributed by atoms with E-state index in [9.17, 15) is 9.59 Å². The van der Waals surface area contributed by atoms with Crippen LogP contribution < -0.4 is 10.1 Å². The number of ether oxygens (including phenoxy) is 3. The standard InChI is InChI=1S/C27H35NO5/c1-16(2)33-19-10-8-18(9-11-19)24-23(26(30)32-15-20-7-6-12-31-20)17(3)28-21-13-27(4,5)14-22(29)25(21)24/h8-11,16,20,24,28H,6-7,12-15H2,1-5H3. The number of Topliss-reactive ketones (excluding diaryl/α,β-unsaturated/α-hetero) is 1. The number of benzene rings is 1. The lowest BCUT2D eigenvalue weighted by Crippen LogP contribution is -2.39. The van der Waals surface area contributed by atoms with Crippen LogP contribution in [0.5, 0.6) is 5.75 Å². The lowest BCUT2D eigenvalue weighted by Gasteiger charge is -2.39. The number of allylic oxidation sites excluding steroid dienone is 3. The molecule has 0 spiro atoms. The van der Waals surface area contributed by atoms with Crippen molar-refractivity contribution in [3.63, 3.8) is 0 Å². The van der Waals surface area contributed by atoms with Gasteiger partial charge in [-0.2, -0.15) is 0 Å². The lowest BCUT2D eigenvalue weighted by molar-refractivity contribution is -0.142. The Labute approximate surface area is 196 Å². The first-order valence-corrected chi connectivity index (χ1v) is 11.9. The fraction of sp³-hybridized carbons (Fsp3) is 0.556. The van der Waals surface area contributed by atoms with Gasteiger partial charge in [0.2, 0.25) is 0 Å². The highest BCUT2D eigenvalue weighted by Gasteiger charge is 2.43. The van der Waals surface area contributed by atoms with Gasteiger partial charge in [-0.1, -0.05) is 26.0 Å². The van der Waals surface area contributed by atoms with E-state index in [-0.39, 0.29) is 30.0 Å². The number of nitrogens with one attached hydrogen (secondary N) is 1. The first-order chi connectivity index (χ1) is 15.6. The molecule has 0 radical (unpaired) electrons. The van der Waals surface area contributed by atoms with Crippen molar-refractivity contribution in [2.75, 3.05) is 13.2 Å². The topological polar surface area (TPSA) is 73.9 Å². The van der Waals surface area contributed by atoms with Gasteiger partial charge in [0.25, 0.3) is 0 Å². The second-order valence-corrected chi connectivity index (χ2v) is 10.4. The Morgan fingerprint density at radius 3 is 2.58 bits per heavy atom. The molecule has 1 saturated heterocycles. The van der Waals surface area contributed by atoms with Crippen molar-refractivity contribution in [3.05, 3.63) is 52.4 Å². The highest BCUT2D eigenvalue weighted by molar-refractivity contribution is 6.04. The van der Waals surface area contributed by atoms with Gasteiger partial charge in [-0.25, -0.2) is 4.79 Å². The summed E-state index contributed by atoms with van der Waals surface area (Å²) < 4.78 is 17.1. The molecule has 0 amide bonds. The predicted molar refractivity (Wildman–Crippen MR) is 126 cm³/mol. The zero-order chi connectivity index (χ0) is 23.8. The number of carbonyl (C=O) groups excluding carboxylic acids is 2. The van der Waals surface area contributed by atoms with E-state index in [1.54, 1.807) is 0 Å². The molecular formula is C27H35NO5. The van der Waals surface area contributed by atoms with E-state index in [0.717, 1.165) is 42.0 Å². The van der Waals surface area contributed by atoms with Gasteiger partial charge in [0.1, 0.15) is 12.4 Å². The molecule has 2 atom stereocenters. The lowest BCUT2D eigenvalue weighted by atomic mass is 9.68. The molecule has 2 aliphatic heterocycles. The minimum Gasteiger partial charge on any atom is -0.491 e. The van der Waals surface area contributed by atoms with Crippen LogP contribution in [0.4, 0.5) is 0 Å². The molecule has 6 heteroatoms. The molecule has 1 fully saturated rings. The largest absolute Gasteiger partial charge is 0.491 e. The molecule has 178 valence electrons. The molecule has 3 aliphatic rings. The van der Waals surface area contributed by atoms with Crippen LogP contribution in [0.15, 0.2) is 46.8 Å². The minimum atomic E-state index is -0.463. The fourth-order valence-corrected chi connectivity index (χ4v) is 5.07. The highest BCUT2D eigenvalue weighted by atomic mass is 16.6. The Balaban J connectivity index is 1.69. The van der Waals surface area contributed by atoms with E-state index in [4.69, 9.17) is 14.2 Å². The third kappa shape index (κ3) is 5.16. The number of rotatable bonds is 6. The number of hydrogen-bond donors (Lipinski definition) is 1. The van der Waals surface area contributed by atoms with Crippen LogP contribution >= 0.6 is 0 Å². The number of esters is 1. The monoisotopic (exact) mass is 453 g/mol. The van der Waals surface area contributed by atoms with Crippen molar-refractivity contribution in [2.24, 2.45) is 5.41 Å². The summed E-state index contributed by atoms with van der Waals surface area (Å²) in [7, 11) is 0. The SMILES string of the molecule is CC1=C(C(=O)OCC2CCCO2)C(c2ccc(OC(C)C)cc2)C2=C(CC(C)(C)CC2=O)N1. The molecule has 0 saturated carbocycles. The van der Waals surface area contributed by atoms with Gasteiger partial charge in [0.15, 0.2) is 5.78 Å². The van der Waals surface area contributed by atoms with Crippen molar-refractivity contribution >= 4 is 11.8 Å². The summed E-state index contributed by atoms with van der Waals surface area (Å²) >= 11 is 0. The maximum Gasteiger partial charge on any atom is 0.336 e. The van der Waals surface area contributed by atoms with Gasteiger partial charge < -0.3 is 19.5 Å². The number of hydrogen-bond acceptors (Lipinski definition) is 6. The summed E-state index contributed by atoms with van der Waals surface area (Å²) in [6, 6.07) is 7.71. The third-order valence-corrected chi connectivity index (χ3v) is 6.47. The molecule has 2 heterocycles. The normalized spacial score (nSPS) is 24.6. The van der Waals surface area contributed by atoms with Crippen LogP contribution in [0.25, 0.3) is 0 Å². The Morgan fingerprint density at radius 1 is 1.21 bits per heavy atom. The molecule has 33 heavy (non-hydrogen) atoms. The van der Waals surface area contributed by atoms with E-state index < -0.39 is 11.9 Å². The van der Waals surface area contributed by atoms with E-state index in [2.05, 4.69) is 19.2 Å². The summed E-state index contributed by atoms with van der Waals surface area (Å²) in [5, 5.41) is 3.38. The first kappa shape index (κ1) is 23.6. The van der Waals surface area contributed by atoms with Crippen LogP contribution in [-0.2, 0) is 19.1 Å². The highest BCUT2D eigenvalue weighted by Crippen LogP contribution is 2.47. The summed E-state index contributed by atoms with van der Waals surface area (Å²) in [6.45, 7) is 11.0. The average Bonchev–Trinajstić information content (AvgIpc) is 3.24. The molecule has 6 nitrogen and oxygen atoms in total. The molecule has 1 aliphatic carbocycles. The first-order valence-electron chi connectivity index (χ1n) is 11.9. The van der Waals surface area contributed by atoms with E-state index in [0.29, 0.717) is 24.2 Å². The number of ketones is 1. The molecule has 4 rings (SSSR count). The number of carbonyl (C=O) groups is 2. The van der Waals surface area contributed by atoms with Crippen LogP contribution in [0.1, 0.15) is 71.8 Å². The average molecular weight is 454 g/mol. The van der Waals surface area contributed by atoms with Crippen LogP contribution in [-0.4, -0.2) is 37.2 Å². The Hall–Kier alpha value is -2.60. The smallest absolute Gasteiger partial charge is 0.336 e. The fourth-order valence-electron chi connectivity index (χ4n) is 5.07. The quantitative estimate of drug-likeness (QED) is 0.624. The molecule has 1 aromatic rings. The Bertz CT molecular complexity index is 980. The van der Waals surface area contributed by atoms with E-state index in [1.807, 2.05) is 45.0 Å². The second kappa shape index (κ2) is 9.34. The predicted octanol–water partition coefficient (Wildman–Crippen LogP) is 4.80. The zero-order valence-electron chi connectivity index (χ0n) is 20.3. The summed E-state index contributed by atoms with van der Waals surface area (Å²) in [4.78, 5) is 26.7. The maximum absolute atomic E-state index is 13.4. The van der Waals surface area contributed by atoms with Crippen molar-refractivity contribution in [2.45, 2.75) is 78.4 Å². The summed E-state index contributed by atoms with van der Waals surface area (Å²) in [6.07, 6.45) is 3.11. The molecular weight excluding hydrogens is 418 g/mol. The van der Waals surface area contributed by atoms with Gasteiger partial charge >= 0.3 is 5.97 Å². The summed E-state index contributed by atoms with van der Waals surface area (Å²) in [5.74, 6) is -0.0171. The van der Waals surface area contributed by atoms with E-state index >= 15 is 0 Å². The van der Waals surface area contributed by atoms with Gasteiger partial charge in [-0.05, 0) is 63.1 Å². The maximum atomic E-state index is 13.4. The van der Waals surface area contributed by atoms with Crippen molar-refractivity contribution in [3.8, 4) is 5.75 Å². The van der Waals surface area contributed by atoms with Crippen molar-refractivity contribution in [1.82, 2.24) is 5.32 Å². The second-order valence-electron chi connectivity index (χ2n) is 10.4. The molecule has 0 bridgehead atoms. The molecule has 0 aromatic heterocycles. The number of dihydropyridines is 1. The van der Waals surface area contributed by atoms with Crippen LogP contribution in [0.2, 0.25) is 0 Å². The van der Waals surface area contributed by atoms with Gasteiger partial charge in [0, 0.05) is 35.9 Å². The van der Waals surface area contributed by atoms with Crippen LogP contribution in [0, 0.1) is 5.41 Å². The minimum absolute atomic E-state index is 0.0517. The van der Waals surface area contributed by atoms with Gasteiger partial charge in [-0.15, -0.1) is 0 Å². The molecule has 1 N–H and O–H groups in total. The van der Waals surface area contributed by atoms with Gasteiger partial charge in [-0.3, -0.25) is 4.79 Å². The van der Waals surface area contributed by atoms with Crippen molar-refractivity contribution in [1.29, 1.82) is 0 Å². The Kier molecular flexibility index (Phi) is 6.66. The molecule has 2 unspecified atom stereocenters. The third-order valence-electron chi connectivity index (χ3n) is 6.47. The van der Waals surface area contributed by atoms with Crippen molar-refractivity contribution < 1.29 is 23.8 Å².